The number of aliphatic hydroxyl groups excluding tert-OH is 2. The van der Waals surface area contributed by atoms with Crippen molar-refractivity contribution in [2.24, 2.45) is 5.73 Å². The van der Waals surface area contributed by atoms with E-state index in [0.717, 1.165) is 5.56 Å². The molecule has 15 heteroatoms. The predicted octanol–water partition coefficient (Wildman–Crippen LogP) is 1.09. The molecule has 7 N–H and O–H groups in total. The maximum absolute atomic E-state index is 12.5. The number of rotatable bonds is 16. The highest BCUT2D eigenvalue weighted by atomic mass is 16.5. The molecule has 15 nitrogen and oxygen atoms in total. The number of aliphatic carboxylic acids is 1. The molecule has 2 aromatic carbocycles. The summed E-state index contributed by atoms with van der Waals surface area (Å²) < 4.78 is 12.4. The van der Waals surface area contributed by atoms with Crippen molar-refractivity contribution in [1.29, 1.82) is 0 Å². The molecule has 44 heavy (non-hydrogen) atoms. The van der Waals surface area contributed by atoms with Crippen LogP contribution in [0.25, 0.3) is 0 Å². The van der Waals surface area contributed by atoms with Crippen molar-refractivity contribution >= 4 is 18.0 Å². The number of carboxylic acid groups (broad SMARTS) is 1. The Kier molecular flexibility index (Phi) is 15.4. The molecule has 0 spiro atoms. The fraction of sp³-hybridized carbons (Fsp3) is 0.448. The summed E-state index contributed by atoms with van der Waals surface area (Å²) >= 11 is 0. The van der Waals surface area contributed by atoms with Crippen molar-refractivity contribution < 1.29 is 39.2 Å². The van der Waals surface area contributed by atoms with E-state index in [1.54, 1.807) is 44.2 Å². The molecular formula is C29H41N7O8. The Morgan fingerprint density at radius 3 is 2.32 bits per heavy atom. The Morgan fingerprint density at radius 1 is 1.05 bits per heavy atom. The summed E-state index contributed by atoms with van der Waals surface area (Å²) in [6.45, 7) is 4.36. The lowest BCUT2D eigenvalue weighted by molar-refractivity contribution is -0.147. The number of carbonyl (C=O) groups is 3. The summed E-state index contributed by atoms with van der Waals surface area (Å²) in [4.78, 5) is 34.5. The van der Waals surface area contributed by atoms with Gasteiger partial charge in [0.25, 0.3) is 0 Å². The molecule has 0 bridgehead atoms. The van der Waals surface area contributed by atoms with Crippen molar-refractivity contribution in [2.75, 3.05) is 26.4 Å². The number of hydrogen-bond donors (Lipinski definition) is 6. The van der Waals surface area contributed by atoms with Gasteiger partial charge in [-0.1, -0.05) is 60.7 Å². The lowest BCUT2D eigenvalue weighted by atomic mass is 10.1. The van der Waals surface area contributed by atoms with Gasteiger partial charge in [0, 0.05) is 13.2 Å². The second kappa shape index (κ2) is 19.0. The number of benzene rings is 2. The van der Waals surface area contributed by atoms with Crippen LogP contribution in [0.3, 0.4) is 0 Å². The van der Waals surface area contributed by atoms with Gasteiger partial charge in [0.2, 0.25) is 5.91 Å². The monoisotopic (exact) mass is 615 g/mol. The number of carboxylic acids is 1. The molecule has 0 unspecified atom stereocenters. The second-order valence-corrected chi connectivity index (χ2v) is 10.2. The molecule has 0 saturated carbocycles. The highest BCUT2D eigenvalue weighted by Gasteiger charge is 2.28. The number of nitrogens with two attached hydrogens (primary N) is 1. The number of amides is 2. The van der Waals surface area contributed by atoms with Gasteiger partial charge in [-0.2, -0.15) is 0 Å². The lowest BCUT2D eigenvalue weighted by Crippen LogP contribution is -2.51. The summed E-state index contributed by atoms with van der Waals surface area (Å²) in [5, 5.41) is 43.2. The molecule has 2 atom stereocenters. The molecule has 0 aliphatic carbocycles. The van der Waals surface area contributed by atoms with E-state index in [2.05, 4.69) is 26.2 Å². The van der Waals surface area contributed by atoms with Gasteiger partial charge in [-0.05, 0) is 48.2 Å². The van der Waals surface area contributed by atoms with Gasteiger partial charge >= 0.3 is 12.1 Å². The number of hydrogen-bond acceptors (Lipinski definition) is 11. The molecule has 1 heterocycles. The highest BCUT2D eigenvalue weighted by Crippen LogP contribution is 2.14. The fourth-order valence-electron chi connectivity index (χ4n) is 3.50. The minimum absolute atomic E-state index is 0.0256. The Hall–Kier alpha value is -4.44. The normalized spacial score (nSPS) is 12.3. The maximum atomic E-state index is 12.5. The van der Waals surface area contributed by atoms with Crippen LogP contribution < -0.4 is 16.4 Å². The number of nitrogens with one attached hydrogen (secondary N) is 2. The van der Waals surface area contributed by atoms with Crippen LogP contribution in [0, 0.1) is 0 Å². The first-order chi connectivity index (χ1) is 21.0. The van der Waals surface area contributed by atoms with Crippen LogP contribution in [-0.2, 0) is 32.2 Å². The van der Waals surface area contributed by atoms with Gasteiger partial charge in [0.05, 0.1) is 25.3 Å². The van der Waals surface area contributed by atoms with Crippen LogP contribution in [0.15, 0.2) is 60.7 Å². The minimum atomic E-state index is -1.41. The molecule has 0 aliphatic heterocycles. The predicted molar refractivity (Wildman–Crippen MR) is 158 cm³/mol. The summed E-state index contributed by atoms with van der Waals surface area (Å²) in [6.07, 6.45) is -0.711. The van der Waals surface area contributed by atoms with E-state index in [-0.39, 0.29) is 32.3 Å². The average Bonchev–Trinajstić information content (AvgIpc) is 3.47. The van der Waals surface area contributed by atoms with Crippen LogP contribution in [0.1, 0.15) is 55.8 Å². The fourth-order valence-corrected chi connectivity index (χ4v) is 3.50. The van der Waals surface area contributed by atoms with Gasteiger partial charge in [-0.25, -0.2) is 14.3 Å². The SMILES string of the molecule is CC(C)(N)C(=O)N[C@H](COCc1ccccc1)c1nnnn1CCOC(=O)NCCCCO.O=C(O)[C@H](O)c1ccccc1. The summed E-state index contributed by atoms with van der Waals surface area (Å²) in [5.41, 5.74) is 6.21. The van der Waals surface area contributed by atoms with Gasteiger partial charge in [0.15, 0.2) is 11.9 Å². The topological polar surface area (TPSA) is 224 Å². The minimum Gasteiger partial charge on any atom is -0.479 e. The van der Waals surface area contributed by atoms with Crippen LogP contribution >= 0.6 is 0 Å². The lowest BCUT2D eigenvalue weighted by Gasteiger charge is -2.23. The van der Waals surface area contributed by atoms with E-state index in [1.165, 1.54) is 4.68 Å². The van der Waals surface area contributed by atoms with Gasteiger partial charge in [-0.15, -0.1) is 5.10 Å². The molecule has 0 aliphatic rings. The molecule has 0 saturated heterocycles. The Bertz CT molecular complexity index is 1270. The molecule has 1 aromatic heterocycles. The maximum Gasteiger partial charge on any atom is 0.407 e. The van der Waals surface area contributed by atoms with Crippen molar-refractivity contribution in [1.82, 2.24) is 30.8 Å². The standard InChI is InChI=1S/C21H33N7O5.C8H8O3/c1-21(2,22)19(30)24-17(15-32-14-16-8-4-3-5-9-16)18-25-26-27-28(18)11-13-33-20(31)23-10-6-7-12-29;9-7(8(10)11)6-4-2-1-3-5-6/h3-5,8-9,17,29H,6-7,10-15,22H2,1-2H3,(H,23,31)(H,24,30);1-5,7,9H,(H,10,11)/t17-;7-/m11/s1. The Balaban J connectivity index is 0.000000514. The molecule has 2 amide bonds. The highest BCUT2D eigenvalue weighted by molar-refractivity contribution is 5.85. The van der Waals surface area contributed by atoms with E-state index in [9.17, 15) is 14.4 Å². The van der Waals surface area contributed by atoms with Crippen molar-refractivity contribution in [3.8, 4) is 0 Å². The van der Waals surface area contributed by atoms with Crippen LogP contribution in [0.5, 0.6) is 0 Å². The number of unbranched alkanes of at least 4 members (excludes halogenated alkanes) is 1. The third-order valence-electron chi connectivity index (χ3n) is 5.90. The Labute approximate surface area is 255 Å². The number of ether oxygens (including phenoxy) is 2. The molecule has 0 fully saturated rings. The molecule has 3 rings (SSSR count). The quantitative estimate of drug-likeness (QED) is 0.125. The van der Waals surface area contributed by atoms with Crippen molar-refractivity contribution in [3.63, 3.8) is 0 Å². The number of alkyl carbamates (subject to hydrolysis) is 1. The summed E-state index contributed by atoms with van der Waals surface area (Å²) in [6, 6.07) is 17.2. The van der Waals surface area contributed by atoms with Gasteiger partial charge < -0.3 is 41.2 Å². The van der Waals surface area contributed by atoms with E-state index in [1.807, 2.05) is 30.3 Å². The van der Waals surface area contributed by atoms with Crippen LogP contribution in [0.4, 0.5) is 4.79 Å². The smallest absolute Gasteiger partial charge is 0.407 e. The Morgan fingerprint density at radius 2 is 1.70 bits per heavy atom. The third kappa shape index (κ3) is 13.2. The first kappa shape index (κ1) is 35.8. The number of nitrogens with zero attached hydrogens (tertiary/aromatic N) is 4. The van der Waals surface area contributed by atoms with Crippen LogP contribution in [0.2, 0.25) is 0 Å². The van der Waals surface area contributed by atoms with Gasteiger partial charge in [-0.3, -0.25) is 4.79 Å². The molecule has 0 radical (unpaired) electrons. The van der Waals surface area contributed by atoms with Crippen LogP contribution in [-0.4, -0.2) is 85.4 Å². The summed E-state index contributed by atoms with van der Waals surface area (Å²) in [7, 11) is 0. The van der Waals surface area contributed by atoms with Gasteiger partial charge in [0.1, 0.15) is 12.6 Å². The number of aromatic nitrogens is 4. The van der Waals surface area contributed by atoms with Crippen molar-refractivity contribution in [2.45, 2.75) is 57.5 Å². The molecular weight excluding hydrogens is 574 g/mol. The third-order valence-corrected chi connectivity index (χ3v) is 5.90. The largest absolute Gasteiger partial charge is 0.479 e. The average molecular weight is 616 g/mol. The van der Waals surface area contributed by atoms with E-state index >= 15 is 0 Å². The second-order valence-electron chi connectivity index (χ2n) is 10.2. The van der Waals surface area contributed by atoms with Crippen molar-refractivity contribution in [3.05, 3.63) is 77.6 Å². The number of aliphatic hydroxyl groups is 2. The summed E-state index contributed by atoms with van der Waals surface area (Å²) in [5.74, 6) is -1.26. The number of tetrazole rings is 1. The van der Waals surface area contributed by atoms with E-state index in [4.69, 9.17) is 30.5 Å². The molecule has 240 valence electrons. The zero-order chi connectivity index (χ0) is 32.4. The zero-order valence-corrected chi connectivity index (χ0v) is 24.8. The van der Waals surface area contributed by atoms with E-state index in [0.29, 0.717) is 37.4 Å². The first-order valence-corrected chi connectivity index (χ1v) is 14.0. The molecule has 3 aromatic rings. The zero-order valence-electron chi connectivity index (χ0n) is 24.8. The number of carbonyl (C=O) groups excluding carboxylic acids is 2. The van der Waals surface area contributed by atoms with E-state index < -0.39 is 29.7 Å². The first-order valence-electron chi connectivity index (χ1n) is 14.0.